The molecule has 8 nitrogen and oxygen atoms in total. The van der Waals surface area contributed by atoms with Gasteiger partial charge in [0.05, 0.1) is 6.26 Å². The molecule has 2 aromatic heterocycles. The summed E-state index contributed by atoms with van der Waals surface area (Å²) in [4.78, 5) is 4.39. The molecular weight excluding hydrogens is 348 g/mol. The van der Waals surface area contributed by atoms with E-state index in [1.54, 1.807) is 11.6 Å². The molecule has 0 saturated heterocycles. The van der Waals surface area contributed by atoms with Crippen LogP contribution in [-0.2, 0) is 20.0 Å². The Kier molecular flexibility index (Phi) is 4.37. The molecule has 0 bridgehead atoms. The Labute approximate surface area is 124 Å². The van der Waals surface area contributed by atoms with Crippen LogP contribution in [0, 0.1) is 0 Å². The zero-order valence-corrected chi connectivity index (χ0v) is 13.4. The standard InChI is InChI=1S/C8H11ClN4O4S3/c1-19(14,15)10-2-3-11-20(16,17)7-6(9)12-8-13(7)4-5-18-8/h4-5,10-11H,2-3H2,1H3. The van der Waals surface area contributed by atoms with E-state index in [1.165, 1.54) is 15.7 Å². The predicted molar refractivity (Wildman–Crippen MR) is 76.1 cm³/mol. The van der Waals surface area contributed by atoms with Crippen molar-refractivity contribution >= 4 is 47.9 Å². The number of imidazole rings is 1. The minimum Gasteiger partial charge on any atom is -0.279 e. The van der Waals surface area contributed by atoms with E-state index >= 15 is 0 Å². The van der Waals surface area contributed by atoms with Gasteiger partial charge in [-0.15, -0.1) is 11.3 Å². The van der Waals surface area contributed by atoms with Crippen LogP contribution < -0.4 is 9.44 Å². The molecule has 112 valence electrons. The lowest BCUT2D eigenvalue weighted by molar-refractivity contribution is 0.570. The van der Waals surface area contributed by atoms with E-state index < -0.39 is 20.0 Å². The average Bonchev–Trinajstić information content (AvgIpc) is 2.82. The molecule has 2 heterocycles. The van der Waals surface area contributed by atoms with Gasteiger partial charge in [-0.05, 0) is 0 Å². The number of rotatable bonds is 6. The van der Waals surface area contributed by atoms with Crippen molar-refractivity contribution in [3.05, 3.63) is 16.7 Å². The Balaban J connectivity index is 2.14. The Hall–Kier alpha value is -0.720. The van der Waals surface area contributed by atoms with Crippen LogP contribution in [0.2, 0.25) is 5.15 Å². The SMILES string of the molecule is CS(=O)(=O)NCCNS(=O)(=O)c1c(Cl)nc2sccn12. The number of sulfonamides is 2. The summed E-state index contributed by atoms with van der Waals surface area (Å²) < 4.78 is 51.8. The van der Waals surface area contributed by atoms with E-state index in [2.05, 4.69) is 14.4 Å². The van der Waals surface area contributed by atoms with Crippen LogP contribution in [0.5, 0.6) is 0 Å². The summed E-state index contributed by atoms with van der Waals surface area (Å²) >= 11 is 7.08. The molecule has 0 radical (unpaired) electrons. The molecule has 0 fully saturated rings. The summed E-state index contributed by atoms with van der Waals surface area (Å²) in [5, 5.41) is 1.40. The van der Waals surface area contributed by atoms with Gasteiger partial charge in [-0.25, -0.2) is 31.3 Å². The summed E-state index contributed by atoms with van der Waals surface area (Å²) in [6.07, 6.45) is 2.53. The molecule has 0 aliphatic heterocycles. The minimum atomic E-state index is -3.87. The van der Waals surface area contributed by atoms with Crippen LogP contribution >= 0.6 is 22.9 Å². The van der Waals surface area contributed by atoms with E-state index in [4.69, 9.17) is 11.6 Å². The van der Waals surface area contributed by atoms with Gasteiger partial charge in [0.2, 0.25) is 10.0 Å². The maximum Gasteiger partial charge on any atom is 0.259 e. The van der Waals surface area contributed by atoms with Gasteiger partial charge in [-0.1, -0.05) is 11.6 Å². The van der Waals surface area contributed by atoms with Crippen molar-refractivity contribution < 1.29 is 16.8 Å². The van der Waals surface area contributed by atoms with Gasteiger partial charge in [0, 0.05) is 24.7 Å². The number of hydrogen-bond acceptors (Lipinski definition) is 6. The number of nitrogens with zero attached hydrogens (tertiary/aromatic N) is 2. The molecule has 0 spiro atoms. The molecule has 0 atom stereocenters. The van der Waals surface area contributed by atoms with Crippen molar-refractivity contribution in [1.29, 1.82) is 0 Å². The Morgan fingerprint density at radius 2 is 1.95 bits per heavy atom. The maximum absolute atomic E-state index is 12.1. The first kappa shape index (κ1) is 15.7. The molecular formula is C8H11ClN4O4S3. The van der Waals surface area contributed by atoms with Crippen LogP contribution in [0.1, 0.15) is 0 Å². The van der Waals surface area contributed by atoms with Crippen molar-refractivity contribution in [1.82, 2.24) is 18.8 Å². The number of fused-ring (bicyclic) bond motifs is 1. The lowest BCUT2D eigenvalue weighted by Crippen LogP contribution is -2.34. The molecule has 20 heavy (non-hydrogen) atoms. The highest BCUT2D eigenvalue weighted by atomic mass is 35.5. The Morgan fingerprint density at radius 3 is 2.60 bits per heavy atom. The molecule has 0 aromatic carbocycles. The second kappa shape index (κ2) is 5.58. The summed E-state index contributed by atoms with van der Waals surface area (Å²) in [5.41, 5.74) is 0. The third-order valence-electron chi connectivity index (χ3n) is 2.21. The van der Waals surface area contributed by atoms with Gasteiger partial charge in [0.1, 0.15) is 0 Å². The molecule has 0 amide bonds. The monoisotopic (exact) mass is 358 g/mol. The van der Waals surface area contributed by atoms with Crippen LogP contribution in [0.3, 0.4) is 0 Å². The fourth-order valence-corrected chi connectivity index (χ4v) is 4.42. The number of nitrogens with one attached hydrogen (secondary N) is 2. The Morgan fingerprint density at radius 1 is 1.30 bits per heavy atom. The van der Waals surface area contributed by atoms with Crippen LogP contribution in [0.4, 0.5) is 0 Å². The summed E-state index contributed by atoms with van der Waals surface area (Å²) in [7, 11) is -7.23. The first-order chi connectivity index (χ1) is 9.21. The van der Waals surface area contributed by atoms with Crippen molar-refractivity contribution in [2.24, 2.45) is 0 Å². The normalized spacial score (nSPS) is 13.1. The van der Waals surface area contributed by atoms with Crippen molar-refractivity contribution in [3.63, 3.8) is 0 Å². The number of halogens is 1. The fourth-order valence-electron chi connectivity index (χ4n) is 1.47. The molecule has 0 aliphatic carbocycles. The zero-order chi connectivity index (χ0) is 15.0. The maximum atomic E-state index is 12.1. The van der Waals surface area contributed by atoms with Crippen molar-refractivity contribution in [2.75, 3.05) is 19.3 Å². The average molecular weight is 359 g/mol. The first-order valence-electron chi connectivity index (χ1n) is 5.26. The highest BCUT2D eigenvalue weighted by Gasteiger charge is 2.24. The third-order valence-corrected chi connectivity index (χ3v) is 5.56. The molecule has 0 unspecified atom stereocenters. The second-order valence-corrected chi connectivity index (χ2v) is 8.57. The number of thiazole rings is 1. The van der Waals surface area contributed by atoms with Gasteiger partial charge < -0.3 is 0 Å². The van der Waals surface area contributed by atoms with Gasteiger partial charge in [-0.2, -0.15) is 0 Å². The second-order valence-electron chi connectivity index (χ2n) is 3.83. The topological polar surface area (TPSA) is 110 Å². The summed E-state index contributed by atoms with van der Waals surface area (Å²) in [6, 6.07) is 0. The lowest BCUT2D eigenvalue weighted by Gasteiger charge is -2.06. The summed E-state index contributed by atoms with van der Waals surface area (Å²) in [6.45, 7) is -0.148. The van der Waals surface area contributed by atoms with E-state index in [0.717, 1.165) is 6.26 Å². The molecule has 2 aromatic rings. The Bertz CT molecular complexity index is 823. The fraction of sp³-hybridized carbons (Fsp3) is 0.375. The van der Waals surface area contributed by atoms with E-state index in [1.807, 2.05) is 0 Å². The van der Waals surface area contributed by atoms with Crippen LogP contribution in [-0.4, -0.2) is 45.6 Å². The van der Waals surface area contributed by atoms with Gasteiger partial charge in [0.25, 0.3) is 10.0 Å². The van der Waals surface area contributed by atoms with Gasteiger partial charge >= 0.3 is 0 Å². The molecule has 0 aliphatic rings. The molecule has 2 N–H and O–H groups in total. The molecule has 0 saturated carbocycles. The minimum absolute atomic E-state index is 0.0543. The predicted octanol–water partition coefficient (Wildman–Crippen LogP) is -0.123. The smallest absolute Gasteiger partial charge is 0.259 e. The third kappa shape index (κ3) is 3.48. The lowest BCUT2D eigenvalue weighted by atomic mass is 10.7. The number of aromatic nitrogens is 2. The van der Waals surface area contributed by atoms with Gasteiger partial charge in [-0.3, -0.25) is 4.40 Å². The van der Waals surface area contributed by atoms with Gasteiger partial charge in [0.15, 0.2) is 15.1 Å². The van der Waals surface area contributed by atoms with E-state index in [0.29, 0.717) is 4.96 Å². The van der Waals surface area contributed by atoms with Crippen molar-refractivity contribution in [2.45, 2.75) is 5.03 Å². The summed E-state index contributed by atoms with van der Waals surface area (Å²) in [5.74, 6) is 0. The molecule has 2 rings (SSSR count). The van der Waals surface area contributed by atoms with E-state index in [-0.39, 0.29) is 23.3 Å². The largest absolute Gasteiger partial charge is 0.279 e. The zero-order valence-electron chi connectivity index (χ0n) is 10.2. The molecule has 12 heteroatoms. The highest BCUT2D eigenvalue weighted by molar-refractivity contribution is 7.89. The van der Waals surface area contributed by atoms with Crippen LogP contribution in [0.15, 0.2) is 16.6 Å². The highest BCUT2D eigenvalue weighted by Crippen LogP contribution is 2.24. The number of hydrogen-bond donors (Lipinski definition) is 2. The quantitative estimate of drug-likeness (QED) is 0.699. The van der Waals surface area contributed by atoms with E-state index in [9.17, 15) is 16.8 Å². The van der Waals surface area contributed by atoms with Crippen molar-refractivity contribution in [3.8, 4) is 0 Å². The first-order valence-corrected chi connectivity index (χ1v) is 9.89. The van der Waals surface area contributed by atoms with Crippen LogP contribution in [0.25, 0.3) is 4.96 Å².